The second-order valence-electron chi connectivity index (χ2n) is 7.60. The van der Waals surface area contributed by atoms with Crippen LogP contribution in [-0.4, -0.2) is 38.7 Å². The monoisotopic (exact) mass is 402 g/mol. The first-order chi connectivity index (χ1) is 13.4. The molecular weight excluding hydrogens is 376 g/mol. The van der Waals surface area contributed by atoms with Crippen molar-refractivity contribution in [1.29, 1.82) is 5.26 Å². The summed E-state index contributed by atoms with van der Waals surface area (Å²) in [6.45, 7) is 0.792. The van der Waals surface area contributed by atoms with Crippen molar-refractivity contribution in [2.75, 3.05) is 18.9 Å². The third-order valence-electron chi connectivity index (χ3n) is 5.56. The van der Waals surface area contributed by atoms with E-state index in [4.69, 9.17) is 0 Å². The van der Waals surface area contributed by atoms with E-state index in [0.717, 1.165) is 38.6 Å². The number of rotatable bonds is 4. The minimum atomic E-state index is -3.88. The van der Waals surface area contributed by atoms with E-state index in [0.29, 0.717) is 30.8 Å². The van der Waals surface area contributed by atoms with Gasteiger partial charge in [-0.1, -0.05) is 25.3 Å². The normalized spacial score (nSPS) is 21.1. The average molecular weight is 403 g/mol. The van der Waals surface area contributed by atoms with Crippen LogP contribution in [0.5, 0.6) is 0 Å². The highest BCUT2D eigenvalue weighted by atomic mass is 32.2. The number of carbonyl (C=O) groups excluding carboxylic acids is 1. The number of carbonyl (C=O) groups is 1. The van der Waals surface area contributed by atoms with Gasteiger partial charge in [0.1, 0.15) is 11.3 Å². The lowest BCUT2D eigenvalue weighted by atomic mass is 9.87. The van der Waals surface area contributed by atoms with E-state index in [1.807, 2.05) is 11.9 Å². The van der Waals surface area contributed by atoms with Gasteiger partial charge in [-0.2, -0.15) is 13.7 Å². The lowest BCUT2D eigenvalue weighted by Gasteiger charge is -2.19. The molecule has 2 fully saturated rings. The second kappa shape index (κ2) is 8.31. The summed E-state index contributed by atoms with van der Waals surface area (Å²) in [6, 6.07) is 8.24. The minimum Gasteiger partial charge on any atom is -0.362 e. The number of hydrogen-bond acceptors (Lipinski definition) is 4. The van der Waals surface area contributed by atoms with E-state index in [9.17, 15) is 18.5 Å². The van der Waals surface area contributed by atoms with Crippen LogP contribution in [0.25, 0.3) is 0 Å². The molecule has 7 nitrogen and oxygen atoms in total. The lowest BCUT2D eigenvalue weighted by molar-refractivity contribution is -0.122. The molecule has 0 atom stereocenters. The smallest absolute Gasteiger partial charge is 0.284 e. The second-order valence-corrected chi connectivity index (χ2v) is 9.20. The van der Waals surface area contributed by atoms with Crippen LogP contribution in [0.15, 0.2) is 33.6 Å². The number of nitrogens with one attached hydrogen (secondary N) is 1. The predicted molar refractivity (Wildman–Crippen MR) is 107 cm³/mol. The summed E-state index contributed by atoms with van der Waals surface area (Å²) in [4.78, 5) is 14.5. The van der Waals surface area contributed by atoms with Crippen LogP contribution in [-0.2, 0) is 14.8 Å². The van der Waals surface area contributed by atoms with Gasteiger partial charge in [-0.25, -0.2) is 0 Å². The standard InChI is InChI=1S/C20H26N4O3S/c1-24-13-6-2-3-10-18(24)23-28(26,27)17-9-7-8-16(14-17)22-19(25)20(15-21)11-4-5-12-20/h7-9,14H,2-6,10-13H2,1H3,(H,22,25)/b23-18+. The molecule has 1 saturated heterocycles. The molecule has 8 heteroatoms. The van der Waals surface area contributed by atoms with Crippen molar-refractivity contribution in [3.63, 3.8) is 0 Å². The van der Waals surface area contributed by atoms with Crippen LogP contribution < -0.4 is 5.32 Å². The van der Waals surface area contributed by atoms with Crippen molar-refractivity contribution in [1.82, 2.24) is 4.90 Å². The maximum Gasteiger partial charge on any atom is 0.284 e. The van der Waals surface area contributed by atoms with E-state index in [-0.39, 0.29) is 10.8 Å². The van der Waals surface area contributed by atoms with Gasteiger partial charge in [-0.15, -0.1) is 4.40 Å². The van der Waals surface area contributed by atoms with Gasteiger partial charge in [-0.05, 0) is 43.9 Å². The number of amides is 1. The number of sulfonamides is 1. The summed E-state index contributed by atoms with van der Waals surface area (Å²) in [6.07, 6.45) is 6.41. The van der Waals surface area contributed by atoms with Gasteiger partial charge >= 0.3 is 0 Å². The Morgan fingerprint density at radius 3 is 2.68 bits per heavy atom. The Hall–Kier alpha value is -2.40. The Labute approximate surface area is 166 Å². The first kappa shape index (κ1) is 20.3. The summed E-state index contributed by atoms with van der Waals surface area (Å²) in [7, 11) is -2.02. The van der Waals surface area contributed by atoms with Crippen LogP contribution >= 0.6 is 0 Å². The van der Waals surface area contributed by atoms with Crippen molar-refractivity contribution < 1.29 is 13.2 Å². The fourth-order valence-electron chi connectivity index (χ4n) is 3.79. The first-order valence-corrected chi connectivity index (χ1v) is 11.2. The molecule has 1 N–H and O–H groups in total. The molecule has 1 aliphatic carbocycles. The largest absolute Gasteiger partial charge is 0.362 e. The average Bonchev–Trinajstić information content (AvgIpc) is 3.09. The quantitative estimate of drug-likeness (QED) is 0.832. The molecule has 1 aliphatic heterocycles. The van der Waals surface area contributed by atoms with Gasteiger partial charge in [0.05, 0.1) is 11.0 Å². The van der Waals surface area contributed by atoms with Crippen molar-refractivity contribution in [3.05, 3.63) is 24.3 Å². The summed E-state index contributed by atoms with van der Waals surface area (Å²) in [5.41, 5.74) is -0.653. The van der Waals surface area contributed by atoms with Crippen LogP contribution in [0, 0.1) is 16.7 Å². The number of hydrogen-bond donors (Lipinski definition) is 1. The summed E-state index contributed by atoms with van der Waals surface area (Å²) < 4.78 is 29.6. The summed E-state index contributed by atoms with van der Waals surface area (Å²) in [5, 5.41) is 12.2. The molecule has 2 aliphatic rings. The van der Waals surface area contributed by atoms with Crippen LogP contribution in [0.2, 0.25) is 0 Å². The highest BCUT2D eigenvalue weighted by molar-refractivity contribution is 7.90. The zero-order valence-corrected chi connectivity index (χ0v) is 17.0. The number of amidine groups is 1. The van der Waals surface area contributed by atoms with Crippen LogP contribution in [0.1, 0.15) is 51.4 Å². The van der Waals surface area contributed by atoms with E-state index in [1.54, 1.807) is 12.1 Å². The molecule has 1 heterocycles. The van der Waals surface area contributed by atoms with Gasteiger partial charge in [0.15, 0.2) is 0 Å². The van der Waals surface area contributed by atoms with Gasteiger partial charge in [0, 0.05) is 25.7 Å². The summed E-state index contributed by atoms with van der Waals surface area (Å²) >= 11 is 0. The number of benzene rings is 1. The van der Waals surface area contributed by atoms with Gasteiger partial charge in [0.25, 0.3) is 10.0 Å². The van der Waals surface area contributed by atoms with E-state index < -0.39 is 15.4 Å². The highest BCUT2D eigenvalue weighted by Gasteiger charge is 2.41. The number of nitriles is 1. The molecule has 1 saturated carbocycles. The van der Waals surface area contributed by atoms with E-state index >= 15 is 0 Å². The molecule has 3 rings (SSSR count). The summed E-state index contributed by atoms with van der Waals surface area (Å²) in [5.74, 6) is 0.207. The number of likely N-dealkylation sites (tertiary alicyclic amines) is 1. The maximum absolute atomic E-state index is 12.8. The maximum atomic E-state index is 12.8. The van der Waals surface area contributed by atoms with Gasteiger partial charge in [0.2, 0.25) is 5.91 Å². The Morgan fingerprint density at radius 1 is 1.21 bits per heavy atom. The third kappa shape index (κ3) is 4.36. The molecule has 1 aromatic rings. The van der Waals surface area contributed by atoms with E-state index in [2.05, 4.69) is 15.8 Å². The van der Waals surface area contributed by atoms with Crippen molar-refractivity contribution in [3.8, 4) is 6.07 Å². The molecule has 28 heavy (non-hydrogen) atoms. The molecule has 1 aromatic carbocycles. The van der Waals surface area contributed by atoms with Crippen LogP contribution in [0.3, 0.4) is 0 Å². The van der Waals surface area contributed by atoms with E-state index in [1.165, 1.54) is 12.1 Å². The zero-order valence-electron chi connectivity index (χ0n) is 16.1. The predicted octanol–water partition coefficient (Wildman–Crippen LogP) is 3.30. The first-order valence-electron chi connectivity index (χ1n) is 9.74. The van der Waals surface area contributed by atoms with Crippen LogP contribution in [0.4, 0.5) is 5.69 Å². The lowest BCUT2D eigenvalue weighted by Crippen LogP contribution is -2.32. The molecule has 0 unspecified atom stereocenters. The number of anilines is 1. The van der Waals surface area contributed by atoms with Gasteiger partial charge < -0.3 is 10.2 Å². The number of nitrogens with zero attached hydrogens (tertiary/aromatic N) is 3. The Balaban J connectivity index is 1.82. The topological polar surface area (TPSA) is 103 Å². The Morgan fingerprint density at radius 2 is 1.96 bits per heavy atom. The molecule has 0 bridgehead atoms. The van der Waals surface area contributed by atoms with Crippen molar-refractivity contribution in [2.24, 2.45) is 9.81 Å². The minimum absolute atomic E-state index is 0.0351. The fraction of sp³-hybridized carbons (Fsp3) is 0.550. The van der Waals surface area contributed by atoms with Gasteiger partial charge in [-0.3, -0.25) is 4.79 Å². The molecule has 0 radical (unpaired) electrons. The molecule has 0 aromatic heterocycles. The molecule has 150 valence electrons. The molecule has 1 amide bonds. The SMILES string of the molecule is CN1CCCCC/C1=N\S(=O)(=O)c1cccc(NC(=O)C2(C#N)CCCC2)c1. The van der Waals surface area contributed by atoms with Crippen molar-refractivity contribution >= 4 is 27.5 Å². The van der Waals surface area contributed by atoms with Crippen molar-refractivity contribution in [2.45, 2.75) is 56.3 Å². The molecule has 0 spiro atoms. The Kier molecular flexibility index (Phi) is 6.04. The highest BCUT2D eigenvalue weighted by Crippen LogP contribution is 2.38. The fourth-order valence-corrected chi connectivity index (χ4v) is 4.93. The third-order valence-corrected chi connectivity index (χ3v) is 6.86. The Bertz CT molecular complexity index is 912. The zero-order chi connectivity index (χ0) is 20.2. The molecular formula is C20H26N4O3S.